The van der Waals surface area contributed by atoms with Gasteiger partial charge in [0.2, 0.25) is 5.85 Å². The number of ether oxygens (including phenoxy) is 1. The molecule has 4 N–H and O–H groups in total. The highest BCUT2D eigenvalue weighted by atomic mass is 16.6. The Labute approximate surface area is 141 Å². The number of anilines is 1. The van der Waals surface area contributed by atoms with Crippen molar-refractivity contribution in [1.82, 2.24) is 20.5 Å². The average molecular weight is 326 g/mol. The van der Waals surface area contributed by atoms with Crippen molar-refractivity contribution in [2.45, 2.75) is 12.2 Å². The fourth-order valence-corrected chi connectivity index (χ4v) is 3.09. The van der Waals surface area contributed by atoms with Gasteiger partial charge in [0.25, 0.3) is 0 Å². The standard InChI is InChI=1S/C17H22N6O/c1-19-16-22-14-7-5-11(15-8-6-12(10-18)23(15)4)9-13(14)17(20-2,21-3)24-16/h5-9,16,19-22H,1-4H3. The summed E-state index contributed by atoms with van der Waals surface area (Å²) >= 11 is 0. The van der Waals surface area contributed by atoms with Gasteiger partial charge in [-0.3, -0.25) is 16.0 Å². The summed E-state index contributed by atoms with van der Waals surface area (Å²) in [6, 6.07) is 12.1. The SMILES string of the molecule is CNC1Nc2ccc(-c3ccc(C#N)n3C)cc2C(NC)(NC)O1. The van der Waals surface area contributed by atoms with Gasteiger partial charge in [-0.25, -0.2) is 0 Å². The Balaban J connectivity index is 2.12. The fourth-order valence-electron chi connectivity index (χ4n) is 3.09. The average Bonchev–Trinajstić information content (AvgIpc) is 3.00. The summed E-state index contributed by atoms with van der Waals surface area (Å²) in [6.45, 7) is 0. The molecule has 0 fully saturated rings. The van der Waals surface area contributed by atoms with Crippen LogP contribution < -0.4 is 21.3 Å². The summed E-state index contributed by atoms with van der Waals surface area (Å²) in [7, 11) is 7.42. The Morgan fingerprint density at radius 1 is 1.21 bits per heavy atom. The molecule has 0 saturated carbocycles. The summed E-state index contributed by atoms with van der Waals surface area (Å²) in [4.78, 5) is 0. The first kappa shape index (κ1) is 16.5. The number of rotatable bonds is 4. The minimum atomic E-state index is -0.812. The van der Waals surface area contributed by atoms with Crippen LogP contribution in [0.3, 0.4) is 0 Å². The van der Waals surface area contributed by atoms with E-state index in [4.69, 9.17) is 10.00 Å². The van der Waals surface area contributed by atoms with E-state index in [0.29, 0.717) is 5.69 Å². The second-order valence-electron chi connectivity index (χ2n) is 5.65. The van der Waals surface area contributed by atoms with Crippen molar-refractivity contribution < 1.29 is 4.74 Å². The molecule has 7 heteroatoms. The third-order valence-corrected chi connectivity index (χ3v) is 4.48. The van der Waals surface area contributed by atoms with E-state index in [1.807, 2.05) is 57.0 Å². The quantitative estimate of drug-likeness (QED) is 0.629. The van der Waals surface area contributed by atoms with Crippen molar-refractivity contribution in [2.24, 2.45) is 7.05 Å². The maximum Gasteiger partial charge on any atom is 0.207 e. The van der Waals surface area contributed by atoms with E-state index >= 15 is 0 Å². The lowest BCUT2D eigenvalue weighted by atomic mass is 10.0. The predicted octanol–water partition coefficient (Wildman–Crippen LogP) is 1.06. The van der Waals surface area contributed by atoms with Crippen LogP contribution in [-0.4, -0.2) is 32.1 Å². The molecule has 3 rings (SSSR count). The zero-order valence-electron chi connectivity index (χ0n) is 14.3. The van der Waals surface area contributed by atoms with E-state index in [0.717, 1.165) is 22.5 Å². The van der Waals surface area contributed by atoms with Gasteiger partial charge in [0.15, 0.2) is 6.35 Å². The van der Waals surface area contributed by atoms with E-state index in [-0.39, 0.29) is 6.35 Å². The first-order valence-corrected chi connectivity index (χ1v) is 7.78. The summed E-state index contributed by atoms with van der Waals surface area (Å²) in [6.07, 6.45) is -0.316. The van der Waals surface area contributed by atoms with Crippen molar-refractivity contribution in [3.05, 3.63) is 41.6 Å². The van der Waals surface area contributed by atoms with E-state index in [2.05, 4.69) is 33.4 Å². The third-order valence-electron chi connectivity index (χ3n) is 4.48. The number of nitrogens with one attached hydrogen (secondary N) is 4. The smallest absolute Gasteiger partial charge is 0.207 e. The molecule has 24 heavy (non-hydrogen) atoms. The van der Waals surface area contributed by atoms with Crippen LogP contribution in [0.25, 0.3) is 11.3 Å². The highest BCUT2D eigenvalue weighted by molar-refractivity contribution is 5.69. The summed E-state index contributed by atoms with van der Waals surface area (Å²) < 4.78 is 7.98. The van der Waals surface area contributed by atoms with Crippen molar-refractivity contribution in [2.75, 3.05) is 26.5 Å². The van der Waals surface area contributed by atoms with Gasteiger partial charge in [-0.05, 0) is 51.0 Å². The zero-order chi connectivity index (χ0) is 17.3. The fraction of sp³-hybridized carbons (Fsp3) is 0.353. The van der Waals surface area contributed by atoms with Crippen LogP contribution >= 0.6 is 0 Å². The first-order valence-electron chi connectivity index (χ1n) is 7.78. The number of benzene rings is 1. The summed E-state index contributed by atoms with van der Waals surface area (Å²) in [5.41, 5.74) is 4.55. The van der Waals surface area contributed by atoms with Crippen LogP contribution in [0.5, 0.6) is 0 Å². The molecule has 7 nitrogen and oxygen atoms in total. The van der Waals surface area contributed by atoms with Gasteiger partial charge in [-0.1, -0.05) is 6.07 Å². The maximum atomic E-state index is 9.16. The Bertz CT molecular complexity index is 787. The van der Waals surface area contributed by atoms with Crippen LogP contribution in [0.4, 0.5) is 5.69 Å². The molecule has 2 aromatic rings. The van der Waals surface area contributed by atoms with E-state index in [1.165, 1.54) is 0 Å². The zero-order valence-corrected chi connectivity index (χ0v) is 14.3. The van der Waals surface area contributed by atoms with Crippen molar-refractivity contribution in [3.63, 3.8) is 0 Å². The van der Waals surface area contributed by atoms with Gasteiger partial charge in [-0.2, -0.15) is 5.26 Å². The Hall–Kier alpha value is -2.37. The minimum Gasteiger partial charge on any atom is -0.347 e. The maximum absolute atomic E-state index is 9.16. The molecule has 0 saturated heterocycles. The lowest BCUT2D eigenvalue weighted by Gasteiger charge is -2.42. The van der Waals surface area contributed by atoms with Gasteiger partial charge in [-0.15, -0.1) is 0 Å². The molecule has 0 bridgehead atoms. The van der Waals surface area contributed by atoms with Crippen molar-refractivity contribution >= 4 is 5.69 Å². The molecule has 1 aliphatic heterocycles. The van der Waals surface area contributed by atoms with Crippen LogP contribution in [-0.2, 0) is 17.6 Å². The predicted molar refractivity (Wildman–Crippen MR) is 92.9 cm³/mol. The van der Waals surface area contributed by atoms with Crippen LogP contribution in [0.15, 0.2) is 30.3 Å². The largest absolute Gasteiger partial charge is 0.347 e. The van der Waals surface area contributed by atoms with Crippen LogP contribution in [0.1, 0.15) is 11.3 Å². The molecule has 0 aliphatic carbocycles. The van der Waals surface area contributed by atoms with Crippen molar-refractivity contribution in [3.8, 4) is 17.3 Å². The monoisotopic (exact) mass is 326 g/mol. The lowest BCUT2D eigenvalue weighted by Crippen LogP contribution is -2.60. The Kier molecular flexibility index (Phi) is 4.30. The van der Waals surface area contributed by atoms with Gasteiger partial charge >= 0.3 is 0 Å². The van der Waals surface area contributed by atoms with Gasteiger partial charge in [0.1, 0.15) is 11.8 Å². The molecule has 0 spiro atoms. The number of nitrogens with zero attached hydrogens (tertiary/aromatic N) is 2. The number of hydrogen-bond donors (Lipinski definition) is 4. The van der Waals surface area contributed by atoms with Crippen LogP contribution in [0, 0.1) is 11.3 Å². The Morgan fingerprint density at radius 2 is 1.96 bits per heavy atom. The Morgan fingerprint density at radius 3 is 2.54 bits per heavy atom. The lowest BCUT2D eigenvalue weighted by molar-refractivity contribution is -0.141. The molecule has 0 amide bonds. The number of nitriles is 1. The second kappa shape index (κ2) is 6.26. The summed E-state index contributed by atoms with van der Waals surface area (Å²) in [5.74, 6) is -0.812. The van der Waals surface area contributed by atoms with Gasteiger partial charge < -0.3 is 14.6 Å². The first-order chi connectivity index (χ1) is 11.6. The molecule has 1 aliphatic rings. The third kappa shape index (κ3) is 2.46. The van der Waals surface area contributed by atoms with E-state index in [9.17, 15) is 0 Å². The molecule has 2 heterocycles. The summed E-state index contributed by atoms with van der Waals surface area (Å²) in [5, 5.41) is 22.0. The number of hydrogen-bond acceptors (Lipinski definition) is 6. The second-order valence-corrected chi connectivity index (χ2v) is 5.65. The van der Waals surface area contributed by atoms with E-state index < -0.39 is 5.85 Å². The number of fused-ring (bicyclic) bond motifs is 1. The van der Waals surface area contributed by atoms with E-state index in [1.54, 1.807) is 0 Å². The molecular weight excluding hydrogens is 304 g/mol. The molecule has 1 unspecified atom stereocenters. The van der Waals surface area contributed by atoms with Crippen LogP contribution in [0.2, 0.25) is 0 Å². The number of aromatic nitrogens is 1. The molecule has 0 radical (unpaired) electrons. The van der Waals surface area contributed by atoms with Crippen molar-refractivity contribution in [1.29, 1.82) is 5.26 Å². The molecule has 126 valence electrons. The highest BCUT2D eigenvalue weighted by Crippen LogP contribution is 2.36. The molecule has 1 aromatic heterocycles. The van der Waals surface area contributed by atoms with Gasteiger partial charge in [0.05, 0.1) is 0 Å². The molecule has 1 atom stereocenters. The van der Waals surface area contributed by atoms with Gasteiger partial charge in [0, 0.05) is 24.0 Å². The molecular formula is C17H22N6O. The minimum absolute atomic E-state index is 0.316. The molecule has 1 aromatic carbocycles. The highest BCUT2D eigenvalue weighted by Gasteiger charge is 2.39. The normalized spacial score (nSPS) is 18.5. The topological polar surface area (TPSA) is 86.1 Å².